The van der Waals surface area contributed by atoms with Crippen molar-refractivity contribution < 1.29 is 4.84 Å². The van der Waals surface area contributed by atoms with Crippen LogP contribution in [-0.4, -0.2) is 14.2 Å². The molecule has 0 heterocycles. The van der Waals surface area contributed by atoms with Gasteiger partial charge in [0.05, 0.1) is 18.5 Å². The molecule has 12 heavy (non-hydrogen) atoms. The van der Waals surface area contributed by atoms with Crippen LogP contribution in [0.4, 0.5) is 11.4 Å². The van der Waals surface area contributed by atoms with Gasteiger partial charge in [0.15, 0.2) is 0 Å². The van der Waals surface area contributed by atoms with Gasteiger partial charge in [0, 0.05) is 11.5 Å². The van der Waals surface area contributed by atoms with Crippen LogP contribution in [0.25, 0.3) is 0 Å². The molecule has 0 bridgehead atoms. The fourth-order valence-electron chi connectivity index (χ4n) is 0.888. The summed E-state index contributed by atoms with van der Waals surface area (Å²) in [5, 5.41) is 1.61. The van der Waals surface area contributed by atoms with Gasteiger partial charge in [-0.3, -0.25) is 9.90 Å². The highest BCUT2D eigenvalue weighted by molar-refractivity contribution is 9.10. The summed E-state index contributed by atoms with van der Waals surface area (Å²) in [5.41, 5.74) is 7.27. The summed E-state index contributed by atoms with van der Waals surface area (Å²) in [4.78, 5) is 5.00. The second-order valence-electron chi connectivity index (χ2n) is 2.38. The quantitative estimate of drug-likeness (QED) is 0.625. The van der Waals surface area contributed by atoms with Crippen molar-refractivity contribution in [2.24, 2.45) is 0 Å². The van der Waals surface area contributed by atoms with Crippen LogP contribution in [0.3, 0.4) is 0 Å². The second kappa shape index (κ2) is 3.78. The van der Waals surface area contributed by atoms with Crippen LogP contribution >= 0.6 is 15.9 Å². The maximum atomic E-state index is 5.72. The summed E-state index contributed by atoms with van der Waals surface area (Å²) in [7, 11) is 3.40. The molecule has 0 atom stereocenters. The van der Waals surface area contributed by atoms with E-state index in [2.05, 4.69) is 15.9 Å². The van der Waals surface area contributed by atoms with Gasteiger partial charge in [0.25, 0.3) is 0 Å². The number of halogens is 1. The van der Waals surface area contributed by atoms with Crippen LogP contribution in [0.15, 0.2) is 22.7 Å². The van der Waals surface area contributed by atoms with E-state index in [1.165, 1.54) is 0 Å². The van der Waals surface area contributed by atoms with E-state index in [1.54, 1.807) is 19.2 Å². The van der Waals surface area contributed by atoms with Gasteiger partial charge in [-0.15, -0.1) is 0 Å². The summed E-state index contributed by atoms with van der Waals surface area (Å²) >= 11 is 3.36. The van der Waals surface area contributed by atoms with E-state index in [4.69, 9.17) is 10.6 Å². The van der Waals surface area contributed by atoms with Crippen LogP contribution in [-0.2, 0) is 4.84 Å². The van der Waals surface area contributed by atoms with Crippen LogP contribution in [0, 0.1) is 0 Å². The molecule has 1 aromatic carbocycles. The van der Waals surface area contributed by atoms with Crippen molar-refractivity contribution in [1.82, 2.24) is 0 Å². The average molecular weight is 231 g/mol. The standard InChI is InChI=1S/C8H11BrN2O/c1-11(12-2)8-5-6(9)3-4-7(8)10/h3-5H,10H2,1-2H3. The van der Waals surface area contributed by atoms with Crippen molar-refractivity contribution in [2.45, 2.75) is 0 Å². The predicted molar refractivity (Wildman–Crippen MR) is 54.0 cm³/mol. The first kappa shape index (κ1) is 9.35. The molecule has 0 saturated carbocycles. The lowest BCUT2D eigenvalue weighted by atomic mass is 10.3. The lowest BCUT2D eigenvalue weighted by molar-refractivity contribution is 0.185. The molecular weight excluding hydrogens is 220 g/mol. The highest BCUT2D eigenvalue weighted by atomic mass is 79.9. The highest BCUT2D eigenvalue weighted by Crippen LogP contribution is 2.25. The van der Waals surface area contributed by atoms with Gasteiger partial charge in [0.2, 0.25) is 0 Å². The van der Waals surface area contributed by atoms with Crippen molar-refractivity contribution in [3.63, 3.8) is 0 Å². The number of hydrogen-bond acceptors (Lipinski definition) is 3. The summed E-state index contributed by atoms with van der Waals surface area (Å²) < 4.78 is 0.982. The van der Waals surface area contributed by atoms with Crippen LogP contribution in [0.5, 0.6) is 0 Å². The number of nitrogen functional groups attached to an aromatic ring is 1. The maximum absolute atomic E-state index is 5.72. The molecule has 0 fully saturated rings. The molecule has 1 rings (SSSR count). The Morgan fingerprint density at radius 1 is 1.50 bits per heavy atom. The van der Waals surface area contributed by atoms with Crippen LogP contribution < -0.4 is 10.8 Å². The molecule has 1 aromatic rings. The van der Waals surface area contributed by atoms with E-state index in [0.29, 0.717) is 5.69 Å². The lowest BCUT2D eigenvalue weighted by Gasteiger charge is -2.17. The Labute approximate surface area is 80.2 Å². The van der Waals surface area contributed by atoms with E-state index in [0.717, 1.165) is 10.2 Å². The zero-order valence-electron chi connectivity index (χ0n) is 7.04. The molecule has 66 valence electrons. The smallest absolute Gasteiger partial charge is 0.0873 e. The molecular formula is C8H11BrN2O. The fraction of sp³-hybridized carbons (Fsp3) is 0.250. The van der Waals surface area contributed by atoms with Gasteiger partial charge in [0.1, 0.15) is 0 Å². The Hall–Kier alpha value is -0.740. The first-order valence-corrected chi connectivity index (χ1v) is 4.27. The number of nitrogens with zero attached hydrogens (tertiary/aromatic N) is 1. The van der Waals surface area contributed by atoms with Crippen molar-refractivity contribution >= 4 is 27.3 Å². The number of anilines is 2. The number of benzene rings is 1. The van der Waals surface area contributed by atoms with Gasteiger partial charge in [-0.05, 0) is 18.2 Å². The molecule has 0 amide bonds. The number of rotatable bonds is 2. The minimum atomic E-state index is 0.697. The summed E-state index contributed by atoms with van der Waals surface area (Å²) in [6.45, 7) is 0. The second-order valence-corrected chi connectivity index (χ2v) is 3.30. The zero-order valence-corrected chi connectivity index (χ0v) is 8.63. The van der Waals surface area contributed by atoms with Gasteiger partial charge >= 0.3 is 0 Å². The van der Waals surface area contributed by atoms with Crippen molar-refractivity contribution in [2.75, 3.05) is 25.0 Å². The van der Waals surface area contributed by atoms with E-state index in [9.17, 15) is 0 Å². The highest BCUT2D eigenvalue weighted by Gasteiger charge is 2.03. The summed E-state index contributed by atoms with van der Waals surface area (Å²) in [6, 6.07) is 5.62. The molecule has 0 aliphatic rings. The SMILES string of the molecule is CON(C)c1cc(Br)ccc1N. The van der Waals surface area contributed by atoms with Gasteiger partial charge < -0.3 is 5.73 Å². The topological polar surface area (TPSA) is 38.5 Å². The minimum Gasteiger partial charge on any atom is -0.397 e. The molecule has 0 unspecified atom stereocenters. The molecule has 0 spiro atoms. The third-order valence-corrected chi connectivity index (χ3v) is 2.10. The van der Waals surface area contributed by atoms with E-state index in [1.807, 2.05) is 18.2 Å². The molecule has 0 aromatic heterocycles. The number of hydrogen-bond donors (Lipinski definition) is 1. The lowest BCUT2D eigenvalue weighted by Crippen LogP contribution is -2.16. The van der Waals surface area contributed by atoms with Crippen molar-refractivity contribution in [3.05, 3.63) is 22.7 Å². The third-order valence-electron chi connectivity index (χ3n) is 1.61. The van der Waals surface area contributed by atoms with Crippen molar-refractivity contribution in [3.8, 4) is 0 Å². The maximum Gasteiger partial charge on any atom is 0.0873 e. The number of nitrogens with two attached hydrogens (primary N) is 1. The first-order valence-electron chi connectivity index (χ1n) is 3.48. The van der Waals surface area contributed by atoms with E-state index >= 15 is 0 Å². The Balaban J connectivity index is 3.04. The molecule has 4 heteroatoms. The Kier molecular flexibility index (Phi) is 2.94. The van der Waals surface area contributed by atoms with Gasteiger partial charge in [-0.25, -0.2) is 0 Å². The van der Waals surface area contributed by atoms with E-state index in [-0.39, 0.29) is 0 Å². The average Bonchev–Trinajstić information content (AvgIpc) is 2.08. The molecule has 0 radical (unpaired) electrons. The van der Waals surface area contributed by atoms with Gasteiger partial charge in [-0.2, -0.15) is 0 Å². The number of hydroxylamine groups is 1. The molecule has 0 saturated heterocycles. The summed E-state index contributed by atoms with van der Waals surface area (Å²) in [5.74, 6) is 0. The monoisotopic (exact) mass is 230 g/mol. The normalized spacial score (nSPS) is 9.92. The molecule has 0 aliphatic carbocycles. The van der Waals surface area contributed by atoms with E-state index < -0.39 is 0 Å². The van der Waals surface area contributed by atoms with Crippen LogP contribution in [0.2, 0.25) is 0 Å². The Bertz CT molecular complexity index is 278. The predicted octanol–water partition coefficient (Wildman–Crippen LogP) is 2.03. The first-order chi connectivity index (χ1) is 5.65. The van der Waals surface area contributed by atoms with Gasteiger partial charge in [-0.1, -0.05) is 15.9 Å². The minimum absolute atomic E-state index is 0.697. The Morgan fingerprint density at radius 3 is 2.75 bits per heavy atom. The Morgan fingerprint density at radius 2 is 2.17 bits per heavy atom. The fourth-order valence-corrected chi connectivity index (χ4v) is 1.24. The summed E-state index contributed by atoms with van der Waals surface area (Å²) in [6.07, 6.45) is 0. The molecule has 2 N–H and O–H groups in total. The largest absolute Gasteiger partial charge is 0.397 e. The van der Waals surface area contributed by atoms with Crippen LogP contribution in [0.1, 0.15) is 0 Å². The zero-order chi connectivity index (χ0) is 9.14. The third kappa shape index (κ3) is 1.89. The molecule has 3 nitrogen and oxygen atoms in total. The van der Waals surface area contributed by atoms with Crippen molar-refractivity contribution in [1.29, 1.82) is 0 Å². The molecule has 0 aliphatic heterocycles.